The van der Waals surface area contributed by atoms with Gasteiger partial charge in [0.05, 0.1) is 5.69 Å². The Morgan fingerprint density at radius 3 is 2.46 bits per heavy atom. The van der Waals surface area contributed by atoms with E-state index in [9.17, 15) is 0 Å². The van der Waals surface area contributed by atoms with Gasteiger partial charge in [0.2, 0.25) is 0 Å². The summed E-state index contributed by atoms with van der Waals surface area (Å²) in [6.45, 7) is 6.03. The van der Waals surface area contributed by atoms with Gasteiger partial charge in [0.1, 0.15) is 0 Å². The van der Waals surface area contributed by atoms with Gasteiger partial charge in [-0.25, -0.2) is 0 Å². The van der Waals surface area contributed by atoms with E-state index in [-0.39, 0.29) is 0 Å². The van der Waals surface area contributed by atoms with Crippen LogP contribution in [0.4, 0.5) is 5.69 Å². The predicted octanol–water partition coefficient (Wildman–Crippen LogP) is 3.00. The fourth-order valence-electron chi connectivity index (χ4n) is 1.17. The van der Waals surface area contributed by atoms with Gasteiger partial charge in [0.15, 0.2) is 0 Å². The summed E-state index contributed by atoms with van der Waals surface area (Å²) in [5.41, 5.74) is 9.66. The van der Waals surface area contributed by atoms with Gasteiger partial charge in [-0.2, -0.15) is 0 Å². The Morgan fingerprint density at radius 1 is 1.00 bits per heavy atom. The van der Waals surface area contributed by atoms with Gasteiger partial charge in [-0.05, 0) is 19.1 Å². The Morgan fingerprint density at radius 2 is 1.69 bits per heavy atom. The van der Waals surface area contributed by atoms with Crippen LogP contribution in [0.2, 0.25) is 0 Å². The summed E-state index contributed by atoms with van der Waals surface area (Å²) >= 11 is 0. The highest BCUT2D eigenvalue weighted by Crippen LogP contribution is 2.19. The molecule has 0 fully saturated rings. The van der Waals surface area contributed by atoms with Crippen molar-refractivity contribution in [2.24, 2.45) is 0 Å². The van der Waals surface area contributed by atoms with Crippen molar-refractivity contribution in [2.45, 2.75) is 20.8 Å². The van der Waals surface area contributed by atoms with Crippen molar-refractivity contribution in [1.82, 2.24) is 5.43 Å². The second-order valence-electron chi connectivity index (χ2n) is 2.66. The third-order valence-corrected chi connectivity index (χ3v) is 1.73. The summed E-state index contributed by atoms with van der Waals surface area (Å²) in [5, 5.41) is 0. The molecule has 0 saturated heterocycles. The minimum absolute atomic E-state index is 1.14. The lowest BCUT2D eigenvalue weighted by molar-refractivity contribution is 0.957. The van der Waals surface area contributed by atoms with Crippen LogP contribution in [0.1, 0.15) is 26.3 Å². The Hall–Kier alpha value is -1.44. The van der Waals surface area contributed by atoms with Crippen molar-refractivity contribution in [3.05, 3.63) is 35.5 Å². The van der Waals surface area contributed by atoms with E-state index in [1.54, 1.807) is 0 Å². The lowest BCUT2D eigenvalue weighted by Crippen LogP contribution is -2.22. The summed E-state index contributed by atoms with van der Waals surface area (Å²) in [7, 11) is 0. The number of anilines is 1. The molecule has 0 saturated carbocycles. The maximum atomic E-state index is 3.09. The fourth-order valence-corrected chi connectivity index (χ4v) is 1.17. The molecular weight excluding hydrogens is 160 g/mol. The van der Waals surface area contributed by atoms with Crippen LogP contribution >= 0.6 is 0 Å². The van der Waals surface area contributed by atoms with E-state index in [2.05, 4.69) is 23.0 Å². The van der Waals surface area contributed by atoms with Gasteiger partial charge < -0.3 is 10.9 Å². The molecule has 13 heavy (non-hydrogen) atoms. The zero-order chi connectivity index (χ0) is 9.68. The van der Waals surface area contributed by atoms with E-state index in [1.807, 2.05) is 39.0 Å². The van der Waals surface area contributed by atoms with Gasteiger partial charge in [-0.3, -0.25) is 0 Å². The molecule has 2 rings (SSSR count). The topological polar surface area (TPSA) is 24.1 Å². The fraction of sp³-hybridized carbons (Fsp3) is 0.273. The number of allylic oxidation sites excluding steroid dienone is 1. The zero-order valence-corrected chi connectivity index (χ0v) is 8.39. The van der Waals surface area contributed by atoms with Crippen LogP contribution in [-0.4, -0.2) is 0 Å². The summed E-state index contributed by atoms with van der Waals surface area (Å²) in [5.74, 6) is 0. The van der Waals surface area contributed by atoms with Crippen molar-refractivity contribution >= 4 is 11.8 Å². The molecule has 1 heterocycles. The van der Waals surface area contributed by atoms with E-state index in [0.717, 1.165) is 11.4 Å². The maximum absolute atomic E-state index is 3.09. The molecule has 0 unspecified atom stereocenters. The minimum Gasteiger partial charge on any atom is -0.305 e. The molecule has 1 aromatic carbocycles. The molecule has 1 aliphatic rings. The SMILES string of the molecule is CC.CC1=Cc2ccccc2NN1. The highest BCUT2D eigenvalue weighted by atomic mass is 15.4. The van der Waals surface area contributed by atoms with E-state index in [1.165, 1.54) is 5.56 Å². The molecule has 2 heteroatoms. The number of rotatable bonds is 0. The van der Waals surface area contributed by atoms with Crippen LogP contribution in [0.3, 0.4) is 0 Å². The standard InChI is InChI=1S/C9H10N2.C2H6/c1-7-6-8-4-2-3-5-9(8)11-10-7;1-2/h2-6,10-11H,1H3;1-2H3. The summed E-state index contributed by atoms with van der Waals surface area (Å²) in [6.07, 6.45) is 2.12. The van der Waals surface area contributed by atoms with Gasteiger partial charge in [0.25, 0.3) is 0 Å². The average Bonchev–Trinajstić information content (AvgIpc) is 2.21. The number of para-hydroxylation sites is 1. The number of hydrogen-bond acceptors (Lipinski definition) is 2. The highest BCUT2D eigenvalue weighted by Gasteiger charge is 2.02. The van der Waals surface area contributed by atoms with E-state index in [4.69, 9.17) is 0 Å². The van der Waals surface area contributed by atoms with Crippen molar-refractivity contribution in [2.75, 3.05) is 5.43 Å². The number of hydrogen-bond donors (Lipinski definition) is 2. The van der Waals surface area contributed by atoms with Gasteiger partial charge >= 0.3 is 0 Å². The largest absolute Gasteiger partial charge is 0.305 e. The first-order valence-corrected chi connectivity index (χ1v) is 4.65. The molecule has 70 valence electrons. The molecule has 2 nitrogen and oxygen atoms in total. The van der Waals surface area contributed by atoms with Gasteiger partial charge in [-0.1, -0.05) is 32.0 Å². The lowest BCUT2D eigenvalue weighted by Gasteiger charge is -2.17. The van der Waals surface area contributed by atoms with Crippen LogP contribution < -0.4 is 10.9 Å². The summed E-state index contributed by atoms with van der Waals surface area (Å²) < 4.78 is 0. The molecule has 1 aromatic rings. The quantitative estimate of drug-likeness (QED) is 0.635. The smallest absolute Gasteiger partial charge is 0.0612 e. The maximum Gasteiger partial charge on any atom is 0.0612 e. The monoisotopic (exact) mass is 176 g/mol. The molecule has 0 aromatic heterocycles. The third kappa shape index (κ3) is 2.25. The second kappa shape index (κ2) is 4.55. The lowest BCUT2D eigenvalue weighted by atomic mass is 10.1. The second-order valence-corrected chi connectivity index (χ2v) is 2.66. The molecule has 0 aliphatic carbocycles. The van der Waals surface area contributed by atoms with Crippen LogP contribution in [0.25, 0.3) is 6.08 Å². The first-order chi connectivity index (χ1) is 6.36. The van der Waals surface area contributed by atoms with Crippen LogP contribution in [0, 0.1) is 0 Å². The highest BCUT2D eigenvalue weighted by molar-refractivity contribution is 5.70. The number of hydrazine groups is 1. The Bertz CT molecular complexity index is 303. The number of fused-ring (bicyclic) bond motifs is 1. The van der Waals surface area contributed by atoms with Gasteiger partial charge in [0, 0.05) is 11.3 Å². The van der Waals surface area contributed by atoms with Crippen LogP contribution in [0.15, 0.2) is 30.0 Å². The summed E-state index contributed by atoms with van der Waals surface area (Å²) in [6, 6.07) is 8.19. The predicted molar refractivity (Wildman–Crippen MR) is 58.2 cm³/mol. The zero-order valence-electron chi connectivity index (χ0n) is 8.39. The molecule has 0 spiro atoms. The van der Waals surface area contributed by atoms with E-state index in [0.29, 0.717) is 0 Å². The molecule has 1 aliphatic heterocycles. The van der Waals surface area contributed by atoms with E-state index < -0.39 is 0 Å². The van der Waals surface area contributed by atoms with Crippen molar-refractivity contribution < 1.29 is 0 Å². The molecule has 0 bridgehead atoms. The van der Waals surface area contributed by atoms with Gasteiger partial charge in [-0.15, -0.1) is 0 Å². The molecule has 0 amide bonds. The number of benzene rings is 1. The minimum atomic E-state index is 1.14. The Balaban J connectivity index is 0.000000396. The van der Waals surface area contributed by atoms with Crippen LogP contribution in [0.5, 0.6) is 0 Å². The molecule has 0 atom stereocenters. The number of nitrogens with one attached hydrogen (secondary N) is 2. The Kier molecular flexibility index (Phi) is 3.38. The first-order valence-electron chi connectivity index (χ1n) is 4.65. The van der Waals surface area contributed by atoms with Crippen LogP contribution in [-0.2, 0) is 0 Å². The normalized spacial score (nSPS) is 12.4. The third-order valence-electron chi connectivity index (χ3n) is 1.73. The van der Waals surface area contributed by atoms with E-state index >= 15 is 0 Å². The average molecular weight is 176 g/mol. The van der Waals surface area contributed by atoms with Crippen molar-refractivity contribution in [1.29, 1.82) is 0 Å². The Labute approximate surface area is 79.6 Å². The summed E-state index contributed by atoms with van der Waals surface area (Å²) in [4.78, 5) is 0. The van der Waals surface area contributed by atoms with Crippen molar-refractivity contribution in [3.8, 4) is 0 Å². The molecular formula is C11H16N2. The first kappa shape index (κ1) is 9.65. The molecule has 0 radical (unpaired) electrons. The molecule has 2 N–H and O–H groups in total. The van der Waals surface area contributed by atoms with Crippen molar-refractivity contribution in [3.63, 3.8) is 0 Å².